The van der Waals surface area contributed by atoms with E-state index < -0.39 is 0 Å². The number of rotatable bonds is 8. The molecule has 1 fully saturated rings. The molecule has 0 radical (unpaired) electrons. The molecule has 1 aromatic carbocycles. The number of hydrogen-bond donors (Lipinski definition) is 2. The van der Waals surface area contributed by atoms with Gasteiger partial charge in [0.25, 0.3) is 0 Å². The average Bonchev–Trinajstić information content (AvgIpc) is 3.33. The zero-order valence-electron chi connectivity index (χ0n) is 14.1. The summed E-state index contributed by atoms with van der Waals surface area (Å²) in [6, 6.07) is 7.57. The first-order valence-electron chi connectivity index (χ1n) is 8.19. The minimum absolute atomic E-state index is 0.00949. The molecule has 0 bridgehead atoms. The molecule has 1 aliphatic rings. The highest BCUT2D eigenvalue weighted by atomic mass is 16.5. The SMILES string of the molecule is COc1ccc(CNC(=O)C2CC2C(=O)NCCC(C)C)cc1. The zero-order chi connectivity index (χ0) is 16.8. The molecule has 2 rings (SSSR count). The van der Waals surface area contributed by atoms with Gasteiger partial charge in [0.15, 0.2) is 0 Å². The van der Waals surface area contributed by atoms with Crippen LogP contribution in [0.1, 0.15) is 32.3 Å². The number of benzene rings is 1. The van der Waals surface area contributed by atoms with Gasteiger partial charge in [0.1, 0.15) is 5.75 Å². The highest BCUT2D eigenvalue weighted by molar-refractivity contribution is 5.92. The maximum Gasteiger partial charge on any atom is 0.224 e. The fraction of sp³-hybridized carbons (Fsp3) is 0.556. The molecule has 2 atom stereocenters. The average molecular weight is 318 g/mol. The van der Waals surface area contributed by atoms with Crippen molar-refractivity contribution < 1.29 is 14.3 Å². The van der Waals surface area contributed by atoms with Crippen molar-refractivity contribution in [2.45, 2.75) is 33.2 Å². The molecule has 5 heteroatoms. The molecule has 0 spiro atoms. The molecule has 0 aliphatic heterocycles. The van der Waals surface area contributed by atoms with E-state index in [0.29, 0.717) is 25.4 Å². The molecule has 0 heterocycles. The second-order valence-electron chi connectivity index (χ2n) is 6.49. The molecular weight excluding hydrogens is 292 g/mol. The van der Waals surface area contributed by atoms with Gasteiger partial charge in [-0.25, -0.2) is 0 Å². The number of carbonyl (C=O) groups excluding carboxylic acids is 2. The van der Waals surface area contributed by atoms with Crippen LogP contribution in [-0.2, 0) is 16.1 Å². The lowest BCUT2D eigenvalue weighted by molar-refractivity contribution is -0.127. The van der Waals surface area contributed by atoms with Crippen LogP contribution in [0.2, 0.25) is 0 Å². The van der Waals surface area contributed by atoms with E-state index in [0.717, 1.165) is 17.7 Å². The van der Waals surface area contributed by atoms with E-state index in [1.807, 2.05) is 24.3 Å². The van der Waals surface area contributed by atoms with Gasteiger partial charge in [0.2, 0.25) is 11.8 Å². The lowest BCUT2D eigenvalue weighted by Gasteiger charge is -2.08. The molecule has 2 amide bonds. The van der Waals surface area contributed by atoms with Gasteiger partial charge in [-0.05, 0) is 36.5 Å². The van der Waals surface area contributed by atoms with Crippen molar-refractivity contribution in [3.05, 3.63) is 29.8 Å². The maximum absolute atomic E-state index is 12.1. The fourth-order valence-electron chi connectivity index (χ4n) is 2.45. The Morgan fingerprint density at radius 3 is 2.30 bits per heavy atom. The third-order valence-electron chi connectivity index (χ3n) is 4.11. The Bertz CT molecular complexity index is 540. The van der Waals surface area contributed by atoms with Crippen LogP contribution in [0.5, 0.6) is 5.75 Å². The van der Waals surface area contributed by atoms with Gasteiger partial charge in [-0.15, -0.1) is 0 Å². The summed E-state index contributed by atoms with van der Waals surface area (Å²) >= 11 is 0. The van der Waals surface area contributed by atoms with Crippen LogP contribution in [0.3, 0.4) is 0 Å². The summed E-state index contributed by atoms with van der Waals surface area (Å²) in [4.78, 5) is 24.0. The molecule has 23 heavy (non-hydrogen) atoms. The van der Waals surface area contributed by atoms with E-state index in [1.54, 1.807) is 7.11 Å². The molecular formula is C18H26N2O3. The zero-order valence-corrected chi connectivity index (χ0v) is 14.1. The van der Waals surface area contributed by atoms with Crippen LogP contribution in [0, 0.1) is 17.8 Å². The largest absolute Gasteiger partial charge is 0.497 e. The van der Waals surface area contributed by atoms with Crippen molar-refractivity contribution >= 4 is 11.8 Å². The molecule has 1 aliphatic carbocycles. The number of amides is 2. The van der Waals surface area contributed by atoms with Gasteiger partial charge in [0.05, 0.1) is 18.9 Å². The first-order chi connectivity index (χ1) is 11.0. The number of ether oxygens (including phenoxy) is 1. The van der Waals surface area contributed by atoms with E-state index in [1.165, 1.54) is 0 Å². The quantitative estimate of drug-likeness (QED) is 0.771. The number of carbonyl (C=O) groups is 2. The van der Waals surface area contributed by atoms with Gasteiger partial charge in [-0.1, -0.05) is 26.0 Å². The number of methoxy groups -OCH3 is 1. The summed E-state index contributed by atoms with van der Waals surface area (Å²) in [5, 5.41) is 5.81. The third kappa shape index (κ3) is 5.27. The van der Waals surface area contributed by atoms with Gasteiger partial charge in [-0.3, -0.25) is 9.59 Å². The molecule has 2 unspecified atom stereocenters. The predicted molar refractivity (Wildman–Crippen MR) is 88.9 cm³/mol. The fourth-order valence-corrected chi connectivity index (χ4v) is 2.45. The minimum Gasteiger partial charge on any atom is -0.497 e. The van der Waals surface area contributed by atoms with Crippen LogP contribution in [0.15, 0.2) is 24.3 Å². The molecule has 0 aromatic heterocycles. The molecule has 1 saturated carbocycles. The summed E-state index contributed by atoms with van der Waals surface area (Å²) in [5.74, 6) is 1.00. The van der Waals surface area contributed by atoms with Crippen LogP contribution in [0.4, 0.5) is 0 Å². The van der Waals surface area contributed by atoms with Crippen molar-refractivity contribution in [1.29, 1.82) is 0 Å². The second-order valence-corrected chi connectivity index (χ2v) is 6.49. The van der Waals surface area contributed by atoms with Gasteiger partial charge < -0.3 is 15.4 Å². The summed E-state index contributed by atoms with van der Waals surface area (Å²) in [6.45, 7) is 5.41. The highest BCUT2D eigenvalue weighted by Crippen LogP contribution is 2.38. The van der Waals surface area contributed by atoms with Crippen LogP contribution < -0.4 is 15.4 Å². The van der Waals surface area contributed by atoms with E-state index in [4.69, 9.17) is 4.74 Å². The Labute approximate surface area is 137 Å². The van der Waals surface area contributed by atoms with Crippen molar-refractivity contribution in [1.82, 2.24) is 10.6 Å². The second kappa shape index (κ2) is 7.99. The summed E-state index contributed by atoms with van der Waals surface area (Å²) in [6.07, 6.45) is 1.62. The topological polar surface area (TPSA) is 67.4 Å². The van der Waals surface area contributed by atoms with E-state index in [-0.39, 0.29) is 23.7 Å². The molecule has 1 aromatic rings. The smallest absolute Gasteiger partial charge is 0.224 e. The molecule has 126 valence electrons. The maximum atomic E-state index is 12.1. The van der Waals surface area contributed by atoms with E-state index in [2.05, 4.69) is 24.5 Å². The van der Waals surface area contributed by atoms with E-state index in [9.17, 15) is 9.59 Å². The highest BCUT2D eigenvalue weighted by Gasteiger charge is 2.47. The Hall–Kier alpha value is -2.04. The Kier molecular flexibility index (Phi) is 6.02. The third-order valence-corrected chi connectivity index (χ3v) is 4.11. The number of hydrogen-bond acceptors (Lipinski definition) is 3. The van der Waals surface area contributed by atoms with Gasteiger partial charge in [0, 0.05) is 13.1 Å². The standard InChI is InChI=1S/C18H26N2O3/c1-12(2)8-9-19-17(21)15-10-16(15)18(22)20-11-13-4-6-14(23-3)7-5-13/h4-7,12,15-16H,8-11H2,1-3H3,(H,19,21)(H,20,22). The molecule has 2 N–H and O–H groups in total. The summed E-state index contributed by atoms with van der Waals surface area (Å²) in [7, 11) is 1.62. The normalized spacial score (nSPS) is 19.3. The van der Waals surface area contributed by atoms with Crippen molar-refractivity contribution in [3.63, 3.8) is 0 Å². The first kappa shape index (κ1) is 17.3. The Morgan fingerprint density at radius 2 is 1.74 bits per heavy atom. The van der Waals surface area contributed by atoms with Crippen molar-refractivity contribution in [2.24, 2.45) is 17.8 Å². The van der Waals surface area contributed by atoms with Crippen LogP contribution in [0.25, 0.3) is 0 Å². The van der Waals surface area contributed by atoms with Gasteiger partial charge >= 0.3 is 0 Å². The summed E-state index contributed by atoms with van der Waals surface area (Å²) in [5.41, 5.74) is 1.01. The number of nitrogens with one attached hydrogen (secondary N) is 2. The van der Waals surface area contributed by atoms with Crippen molar-refractivity contribution in [2.75, 3.05) is 13.7 Å². The Balaban J connectivity index is 1.69. The van der Waals surface area contributed by atoms with Crippen molar-refractivity contribution in [3.8, 4) is 5.75 Å². The summed E-state index contributed by atoms with van der Waals surface area (Å²) < 4.78 is 5.10. The minimum atomic E-state index is -0.174. The monoisotopic (exact) mass is 318 g/mol. The van der Waals surface area contributed by atoms with Crippen LogP contribution >= 0.6 is 0 Å². The van der Waals surface area contributed by atoms with E-state index >= 15 is 0 Å². The van der Waals surface area contributed by atoms with Crippen LogP contribution in [-0.4, -0.2) is 25.5 Å². The lowest BCUT2D eigenvalue weighted by atomic mass is 10.1. The van der Waals surface area contributed by atoms with Gasteiger partial charge in [-0.2, -0.15) is 0 Å². The first-order valence-corrected chi connectivity index (χ1v) is 8.19. The molecule has 0 saturated heterocycles. The lowest BCUT2D eigenvalue weighted by Crippen LogP contribution is -2.30. The Morgan fingerprint density at radius 1 is 1.13 bits per heavy atom. The molecule has 5 nitrogen and oxygen atoms in total. The predicted octanol–water partition coefficient (Wildman–Crippen LogP) is 2.11.